The number of hydrogen-bond acceptors (Lipinski definition) is 13. The van der Waals surface area contributed by atoms with Crippen molar-refractivity contribution in [3.63, 3.8) is 0 Å². The van der Waals surface area contributed by atoms with Crippen molar-refractivity contribution < 1.29 is 24.6 Å². The van der Waals surface area contributed by atoms with Crippen molar-refractivity contribution in [2.24, 2.45) is 0 Å². The number of nitro groups is 2. The van der Waals surface area contributed by atoms with E-state index in [1.807, 2.05) is 23.9 Å². The first-order chi connectivity index (χ1) is 19.8. The van der Waals surface area contributed by atoms with Gasteiger partial charge in [-0.05, 0) is 36.1 Å². The monoisotopic (exact) mass is 652 g/mol. The highest BCUT2D eigenvalue weighted by atomic mass is 79.9. The second kappa shape index (κ2) is 16.1. The first kappa shape index (κ1) is 34.6. The average Bonchev–Trinajstić information content (AvgIpc) is 2.95. The third-order valence-electron chi connectivity index (χ3n) is 6.71. The van der Waals surface area contributed by atoms with Crippen molar-refractivity contribution in [2.45, 2.75) is 0 Å². The number of nitrogens with two attached hydrogens (primary N) is 2. The largest absolute Gasteiger partial charge is 0.495 e. The van der Waals surface area contributed by atoms with Gasteiger partial charge in [0.25, 0.3) is 11.4 Å². The van der Waals surface area contributed by atoms with Gasteiger partial charge in [-0.1, -0.05) is 5.98 Å². The molecule has 2 fully saturated rings. The molecule has 0 aromatic heterocycles. The van der Waals surface area contributed by atoms with Crippen LogP contribution < -0.4 is 26.0 Å². The fourth-order valence-electron chi connectivity index (χ4n) is 4.21. The standard InChI is InChI=1S/C12H18N4O3.C11H15BrN4O2.C2H5BO2/c1-14-3-5-15(6-4-14)10-8-12(19-2)9(13)7-11(10)16(17)18;1-14-2-4-15(5-3-14)10-6-8(12)9(13)7-11(10)16(17)18;1-2-3(4)5/h7-8H,3-6,13H2,1-2H3;6-7H,2-5,13H2,1H3;2,4-5H,1H2. The highest BCUT2D eigenvalue weighted by molar-refractivity contribution is 9.10. The van der Waals surface area contributed by atoms with Crippen LogP contribution in [0.5, 0.6) is 5.75 Å². The lowest BCUT2D eigenvalue weighted by Crippen LogP contribution is -2.44. The molecule has 0 amide bonds. The minimum absolute atomic E-state index is 0.0304. The molecule has 0 atom stereocenters. The summed E-state index contributed by atoms with van der Waals surface area (Å²) in [4.78, 5) is 29.9. The predicted octanol–water partition coefficient (Wildman–Crippen LogP) is 1.81. The van der Waals surface area contributed by atoms with Gasteiger partial charge in [-0.25, -0.2) is 0 Å². The number of rotatable bonds is 6. The lowest BCUT2D eigenvalue weighted by atomic mass is 9.94. The fraction of sp³-hybridized carbons (Fsp3) is 0.440. The van der Waals surface area contributed by atoms with Crippen molar-refractivity contribution in [1.29, 1.82) is 0 Å². The number of piperazine rings is 2. The van der Waals surface area contributed by atoms with E-state index in [-0.39, 0.29) is 22.0 Å². The highest BCUT2D eigenvalue weighted by Gasteiger charge is 2.25. The van der Waals surface area contributed by atoms with Gasteiger partial charge < -0.3 is 45.9 Å². The summed E-state index contributed by atoms with van der Waals surface area (Å²) in [6, 6.07) is 6.17. The van der Waals surface area contributed by atoms with Crippen LogP contribution in [0.15, 0.2) is 41.3 Å². The topological polar surface area (TPSA) is 201 Å². The normalized spacial score (nSPS) is 15.5. The molecule has 4 rings (SSSR count). The Hall–Kier alpha value is -3.64. The van der Waals surface area contributed by atoms with Crippen molar-refractivity contribution in [2.75, 3.05) is 94.8 Å². The Morgan fingerprint density at radius 3 is 1.60 bits per heavy atom. The summed E-state index contributed by atoms with van der Waals surface area (Å²) < 4.78 is 5.84. The number of nitro benzene ring substituents is 2. The number of halogens is 1. The van der Waals surface area contributed by atoms with Crippen LogP contribution in [0.4, 0.5) is 34.1 Å². The zero-order chi connectivity index (χ0) is 31.6. The Bertz CT molecular complexity index is 1240. The maximum Gasteiger partial charge on any atom is 0.480 e. The van der Waals surface area contributed by atoms with E-state index in [0.29, 0.717) is 27.3 Å². The van der Waals surface area contributed by atoms with Gasteiger partial charge in [0.1, 0.15) is 17.1 Å². The molecular formula is C25H38BBrN8O7. The molecule has 2 aliphatic heterocycles. The molecule has 230 valence electrons. The van der Waals surface area contributed by atoms with Crippen molar-refractivity contribution in [3.05, 3.63) is 61.5 Å². The van der Waals surface area contributed by atoms with Crippen LogP contribution in [0.1, 0.15) is 0 Å². The van der Waals surface area contributed by atoms with Gasteiger partial charge >= 0.3 is 7.12 Å². The van der Waals surface area contributed by atoms with E-state index in [9.17, 15) is 20.2 Å². The van der Waals surface area contributed by atoms with Gasteiger partial charge in [0.15, 0.2) is 0 Å². The second-order valence-corrected chi connectivity index (χ2v) is 10.5. The molecule has 0 spiro atoms. The Kier molecular flexibility index (Phi) is 13.3. The van der Waals surface area contributed by atoms with Crippen LogP contribution in [0.3, 0.4) is 0 Å². The van der Waals surface area contributed by atoms with Gasteiger partial charge in [-0.3, -0.25) is 20.2 Å². The van der Waals surface area contributed by atoms with Crippen LogP contribution >= 0.6 is 15.9 Å². The molecular weight excluding hydrogens is 615 g/mol. The molecule has 2 aromatic rings. The van der Waals surface area contributed by atoms with E-state index >= 15 is 0 Å². The minimum atomic E-state index is -1.35. The number of likely N-dealkylation sites (N-methyl/N-ethyl adjacent to an activating group) is 2. The Morgan fingerprint density at radius 2 is 1.24 bits per heavy atom. The van der Waals surface area contributed by atoms with Gasteiger partial charge in [0.05, 0.1) is 28.3 Å². The van der Waals surface area contributed by atoms with E-state index in [1.165, 1.54) is 19.2 Å². The zero-order valence-electron chi connectivity index (χ0n) is 24.0. The summed E-state index contributed by atoms with van der Waals surface area (Å²) in [5.74, 6) is 1.50. The number of hydrogen-bond donors (Lipinski definition) is 4. The fourth-order valence-corrected chi connectivity index (χ4v) is 4.54. The first-order valence-electron chi connectivity index (χ1n) is 13.0. The number of ether oxygens (including phenoxy) is 1. The first-order valence-corrected chi connectivity index (χ1v) is 13.8. The van der Waals surface area contributed by atoms with Crippen LogP contribution in [-0.2, 0) is 0 Å². The molecule has 2 heterocycles. The summed E-state index contributed by atoms with van der Waals surface area (Å²) in [6.07, 6.45) is 0. The Labute approximate surface area is 253 Å². The molecule has 42 heavy (non-hydrogen) atoms. The van der Waals surface area contributed by atoms with E-state index in [4.69, 9.17) is 26.3 Å². The molecule has 6 N–H and O–H groups in total. The Balaban J connectivity index is 0.000000254. The van der Waals surface area contributed by atoms with Crippen LogP contribution in [0.2, 0.25) is 0 Å². The van der Waals surface area contributed by atoms with E-state index < -0.39 is 12.0 Å². The molecule has 15 nitrogen and oxygen atoms in total. The summed E-state index contributed by atoms with van der Waals surface area (Å²) in [5.41, 5.74) is 13.4. The number of nitrogens with zero attached hydrogens (tertiary/aromatic N) is 6. The predicted molar refractivity (Wildman–Crippen MR) is 169 cm³/mol. The van der Waals surface area contributed by atoms with Crippen molar-refractivity contribution >= 4 is 57.2 Å². The summed E-state index contributed by atoms with van der Waals surface area (Å²) >= 11 is 3.32. The quantitative estimate of drug-likeness (QED) is 0.152. The summed E-state index contributed by atoms with van der Waals surface area (Å²) in [6.45, 7) is 9.70. The second-order valence-electron chi connectivity index (χ2n) is 9.69. The number of methoxy groups -OCH3 is 1. The van der Waals surface area contributed by atoms with E-state index in [1.54, 1.807) is 12.1 Å². The maximum atomic E-state index is 11.2. The molecule has 2 aromatic carbocycles. The molecule has 2 aliphatic rings. The van der Waals surface area contributed by atoms with Crippen molar-refractivity contribution in [3.8, 4) is 5.75 Å². The lowest BCUT2D eigenvalue weighted by molar-refractivity contribution is -0.384. The summed E-state index contributed by atoms with van der Waals surface area (Å²) in [5, 5.41) is 37.8. The highest BCUT2D eigenvalue weighted by Crippen LogP contribution is 2.37. The Morgan fingerprint density at radius 1 is 0.857 bits per heavy atom. The van der Waals surface area contributed by atoms with Crippen LogP contribution in [0, 0.1) is 20.2 Å². The van der Waals surface area contributed by atoms with Gasteiger partial charge in [0.2, 0.25) is 0 Å². The maximum absolute atomic E-state index is 11.2. The molecule has 0 saturated carbocycles. The van der Waals surface area contributed by atoms with E-state index in [2.05, 4.69) is 32.3 Å². The smallest absolute Gasteiger partial charge is 0.480 e. The molecule has 17 heteroatoms. The average molecular weight is 653 g/mol. The van der Waals surface area contributed by atoms with Gasteiger partial charge in [-0.2, -0.15) is 0 Å². The molecule has 0 bridgehead atoms. The number of nitrogen functional groups attached to an aromatic ring is 2. The van der Waals surface area contributed by atoms with Gasteiger partial charge in [0, 0.05) is 75.0 Å². The molecule has 2 saturated heterocycles. The van der Waals surface area contributed by atoms with Crippen LogP contribution in [-0.4, -0.2) is 110 Å². The lowest BCUT2D eigenvalue weighted by Gasteiger charge is -2.33. The third-order valence-corrected chi connectivity index (χ3v) is 7.40. The number of benzene rings is 2. The molecule has 0 aliphatic carbocycles. The van der Waals surface area contributed by atoms with E-state index in [0.717, 1.165) is 58.3 Å². The van der Waals surface area contributed by atoms with Gasteiger partial charge in [-0.15, -0.1) is 6.58 Å². The zero-order valence-corrected chi connectivity index (χ0v) is 25.6. The SMILES string of the molecule is C=CB(O)O.CN1CCN(c2cc(Br)c(N)cc2[N+](=O)[O-])CC1.COc1cc(N2CCN(C)CC2)c([N+](=O)[O-])cc1N. The third kappa shape index (κ3) is 9.73. The van der Waals surface area contributed by atoms with Crippen LogP contribution in [0.25, 0.3) is 0 Å². The minimum Gasteiger partial charge on any atom is -0.495 e. The molecule has 0 radical (unpaired) electrons. The number of anilines is 4. The summed E-state index contributed by atoms with van der Waals surface area (Å²) in [7, 11) is 4.24. The molecule has 0 unspecified atom stereocenters. The van der Waals surface area contributed by atoms with Crippen molar-refractivity contribution in [1.82, 2.24) is 9.80 Å².